The number of nitrogens with zero attached hydrogens (tertiary/aromatic N) is 4. The molecule has 3 heterocycles. The van der Waals surface area contributed by atoms with Gasteiger partial charge in [0.05, 0.1) is 37.6 Å². The van der Waals surface area contributed by atoms with E-state index in [1.807, 2.05) is 68.0 Å². The van der Waals surface area contributed by atoms with Crippen molar-refractivity contribution < 1.29 is 12.9 Å². The molecule has 0 N–H and O–H groups in total. The summed E-state index contributed by atoms with van der Waals surface area (Å²) in [5, 5.41) is 9.60. The van der Waals surface area contributed by atoms with Crippen LogP contribution in [0.5, 0.6) is 0 Å². The number of hydrogen-bond donors (Lipinski definition) is 0. The SMILES string of the molecule is Cc1noc(C)c1CN(C)Cc1cc(-c2ccc(-c3cccc(S(C)(=O)=O)c3)s2)n(-c2ccccc2Cl)n1. The molecule has 7 nitrogen and oxygen atoms in total. The highest BCUT2D eigenvalue weighted by molar-refractivity contribution is 7.90. The Balaban J connectivity index is 1.51. The summed E-state index contributed by atoms with van der Waals surface area (Å²) in [6, 6.07) is 20.8. The van der Waals surface area contributed by atoms with E-state index in [2.05, 4.69) is 16.1 Å². The standard InChI is InChI=1S/C28H27ClN4O3S2/c1-18-23(19(2)36-31-18)17-32(3)16-21-15-26(33(30-21)25-11-6-5-10-24(25)29)28-13-12-27(37-28)20-8-7-9-22(14-20)38(4,34)35/h5-15H,16-17H2,1-4H3. The highest BCUT2D eigenvalue weighted by Gasteiger charge is 2.19. The molecule has 196 valence electrons. The lowest BCUT2D eigenvalue weighted by molar-refractivity contribution is 0.310. The van der Waals surface area contributed by atoms with Crippen LogP contribution in [0, 0.1) is 13.8 Å². The van der Waals surface area contributed by atoms with Crippen molar-refractivity contribution in [3.8, 4) is 26.7 Å². The van der Waals surface area contributed by atoms with Gasteiger partial charge in [-0.2, -0.15) is 5.10 Å². The van der Waals surface area contributed by atoms with Crippen molar-refractivity contribution in [2.75, 3.05) is 13.3 Å². The Hall–Kier alpha value is -3.24. The molecule has 0 radical (unpaired) electrons. The molecule has 0 saturated carbocycles. The number of para-hydroxylation sites is 1. The number of rotatable bonds is 8. The van der Waals surface area contributed by atoms with E-state index in [4.69, 9.17) is 21.2 Å². The minimum absolute atomic E-state index is 0.301. The zero-order valence-corrected chi connectivity index (χ0v) is 23.9. The third-order valence-corrected chi connectivity index (χ3v) is 8.87. The van der Waals surface area contributed by atoms with Crippen molar-refractivity contribution in [1.29, 1.82) is 0 Å². The largest absolute Gasteiger partial charge is 0.361 e. The first-order valence-corrected chi connectivity index (χ1v) is 15.0. The van der Waals surface area contributed by atoms with E-state index in [0.29, 0.717) is 23.0 Å². The van der Waals surface area contributed by atoms with Crippen LogP contribution >= 0.6 is 22.9 Å². The van der Waals surface area contributed by atoms with Gasteiger partial charge in [-0.3, -0.25) is 4.90 Å². The monoisotopic (exact) mass is 566 g/mol. The molecule has 0 fully saturated rings. The number of halogens is 1. The second kappa shape index (κ2) is 10.5. The van der Waals surface area contributed by atoms with Gasteiger partial charge in [-0.25, -0.2) is 13.1 Å². The van der Waals surface area contributed by atoms with Crippen molar-refractivity contribution in [1.82, 2.24) is 19.8 Å². The first kappa shape index (κ1) is 26.4. The second-order valence-electron chi connectivity index (χ2n) is 9.32. The van der Waals surface area contributed by atoms with Gasteiger partial charge in [0.1, 0.15) is 5.76 Å². The summed E-state index contributed by atoms with van der Waals surface area (Å²) in [6.45, 7) is 5.18. The van der Waals surface area contributed by atoms with Gasteiger partial charge >= 0.3 is 0 Å². The van der Waals surface area contributed by atoms with Crippen molar-refractivity contribution in [3.63, 3.8) is 0 Å². The molecule has 0 bridgehead atoms. The summed E-state index contributed by atoms with van der Waals surface area (Å²) < 4.78 is 31.3. The Morgan fingerprint density at radius 1 is 1.00 bits per heavy atom. The quantitative estimate of drug-likeness (QED) is 0.211. The highest BCUT2D eigenvalue weighted by Crippen LogP contribution is 2.37. The van der Waals surface area contributed by atoms with Crippen molar-refractivity contribution in [3.05, 3.63) is 94.5 Å². The van der Waals surface area contributed by atoms with Crippen LogP contribution in [0.2, 0.25) is 5.02 Å². The van der Waals surface area contributed by atoms with Crippen LogP contribution in [0.1, 0.15) is 22.7 Å². The Kier molecular flexibility index (Phi) is 7.28. The van der Waals surface area contributed by atoms with E-state index in [-0.39, 0.29) is 0 Å². The molecule has 0 aliphatic carbocycles. The lowest BCUT2D eigenvalue weighted by Gasteiger charge is -2.14. The third-order valence-electron chi connectivity index (χ3n) is 6.29. The number of hydrogen-bond acceptors (Lipinski definition) is 7. The van der Waals surface area contributed by atoms with Gasteiger partial charge in [-0.05, 0) is 68.9 Å². The van der Waals surface area contributed by atoms with Crippen LogP contribution in [-0.4, -0.2) is 41.6 Å². The molecule has 0 amide bonds. The maximum Gasteiger partial charge on any atom is 0.175 e. The first-order valence-electron chi connectivity index (χ1n) is 11.9. The fraction of sp³-hybridized carbons (Fsp3) is 0.214. The number of sulfone groups is 1. The van der Waals surface area contributed by atoms with E-state index >= 15 is 0 Å². The fourth-order valence-electron chi connectivity index (χ4n) is 4.33. The lowest BCUT2D eigenvalue weighted by Crippen LogP contribution is -2.18. The predicted molar refractivity (Wildman–Crippen MR) is 152 cm³/mol. The van der Waals surface area contributed by atoms with Crippen LogP contribution in [-0.2, 0) is 22.9 Å². The van der Waals surface area contributed by atoms with E-state index in [0.717, 1.165) is 49.4 Å². The van der Waals surface area contributed by atoms with E-state index in [9.17, 15) is 8.42 Å². The van der Waals surface area contributed by atoms with Crippen molar-refractivity contribution in [2.45, 2.75) is 31.8 Å². The molecule has 5 aromatic rings. The molecule has 38 heavy (non-hydrogen) atoms. The maximum absolute atomic E-state index is 12.1. The fourth-order valence-corrected chi connectivity index (χ4v) is 6.22. The number of benzene rings is 2. The summed E-state index contributed by atoms with van der Waals surface area (Å²) >= 11 is 8.16. The smallest absolute Gasteiger partial charge is 0.175 e. The van der Waals surface area contributed by atoms with E-state index in [1.165, 1.54) is 6.26 Å². The molecule has 0 aliphatic heterocycles. The average Bonchev–Trinajstić information content (AvgIpc) is 3.60. The Morgan fingerprint density at radius 2 is 1.76 bits per heavy atom. The summed E-state index contributed by atoms with van der Waals surface area (Å²) in [5.41, 5.74) is 5.42. The predicted octanol–water partition coefficient (Wildman–Crippen LogP) is 6.56. The van der Waals surface area contributed by atoms with Crippen LogP contribution in [0.15, 0.2) is 76.1 Å². The average molecular weight is 567 g/mol. The van der Waals surface area contributed by atoms with E-state index in [1.54, 1.807) is 29.5 Å². The lowest BCUT2D eigenvalue weighted by atomic mass is 10.2. The Morgan fingerprint density at radius 3 is 2.47 bits per heavy atom. The van der Waals surface area contributed by atoms with Gasteiger partial charge in [0.15, 0.2) is 9.84 Å². The molecule has 10 heteroatoms. The number of thiophene rings is 1. The summed E-state index contributed by atoms with van der Waals surface area (Å²) in [7, 11) is -1.26. The molecule has 0 saturated heterocycles. The Labute approximate surface area is 231 Å². The third kappa shape index (κ3) is 5.47. The number of aryl methyl sites for hydroxylation is 2. The normalized spacial score (nSPS) is 11.9. The van der Waals surface area contributed by atoms with Gasteiger partial charge in [0, 0.05) is 29.8 Å². The van der Waals surface area contributed by atoms with Gasteiger partial charge in [0.25, 0.3) is 0 Å². The molecule has 0 spiro atoms. The zero-order chi connectivity index (χ0) is 27.0. The molecule has 2 aromatic carbocycles. The molecule has 0 atom stereocenters. The van der Waals surface area contributed by atoms with Gasteiger partial charge in [-0.1, -0.05) is 41.0 Å². The topological polar surface area (TPSA) is 81.2 Å². The molecular formula is C28H27ClN4O3S2. The minimum Gasteiger partial charge on any atom is -0.361 e. The van der Waals surface area contributed by atoms with Gasteiger partial charge in [-0.15, -0.1) is 11.3 Å². The van der Waals surface area contributed by atoms with E-state index < -0.39 is 9.84 Å². The van der Waals surface area contributed by atoms with Crippen LogP contribution in [0.25, 0.3) is 26.7 Å². The maximum atomic E-state index is 12.1. The van der Waals surface area contributed by atoms with Crippen LogP contribution < -0.4 is 0 Å². The van der Waals surface area contributed by atoms with Crippen molar-refractivity contribution >= 4 is 32.8 Å². The molecule has 0 unspecified atom stereocenters. The second-order valence-corrected chi connectivity index (χ2v) is 12.8. The van der Waals surface area contributed by atoms with Gasteiger partial charge < -0.3 is 4.52 Å². The summed E-state index contributed by atoms with van der Waals surface area (Å²) in [4.78, 5) is 4.44. The molecule has 3 aromatic heterocycles. The molecule has 0 aliphatic rings. The van der Waals surface area contributed by atoms with Gasteiger partial charge in [0.2, 0.25) is 0 Å². The summed E-state index contributed by atoms with van der Waals surface area (Å²) in [6.07, 6.45) is 1.22. The highest BCUT2D eigenvalue weighted by atomic mass is 35.5. The first-order chi connectivity index (χ1) is 18.1. The number of aromatic nitrogens is 3. The zero-order valence-electron chi connectivity index (χ0n) is 21.5. The minimum atomic E-state index is -3.30. The summed E-state index contributed by atoms with van der Waals surface area (Å²) in [5.74, 6) is 0.822. The van der Waals surface area contributed by atoms with Crippen molar-refractivity contribution in [2.24, 2.45) is 0 Å². The van der Waals surface area contributed by atoms with Crippen LogP contribution in [0.3, 0.4) is 0 Å². The molecular weight excluding hydrogens is 540 g/mol. The molecule has 5 rings (SSSR count). The Bertz CT molecular complexity index is 1700. The van der Waals surface area contributed by atoms with Crippen LogP contribution in [0.4, 0.5) is 0 Å².